The van der Waals surface area contributed by atoms with Gasteiger partial charge in [0.25, 0.3) is 0 Å². The minimum absolute atomic E-state index is 0.167. The SMILES string of the molecule is Cc1oc(CN)cc1S(=O)(=O)NC1(C)CCOCC1. The van der Waals surface area contributed by atoms with Gasteiger partial charge in [-0.3, -0.25) is 0 Å². The molecule has 0 atom stereocenters. The van der Waals surface area contributed by atoms with Crippen LogP contribution in [-0.2, 0) is 21.3 Å². The van der Waals surface area contributed by atoms with Crippen molar-refractivity contribution in [2.75, 3.05) is 13.2 Å². The van der Waals surface area contributed by atoms with Gasteiger partial charge in [-0.1, -0.05) is 0 Å². The first-order valence-corrected chi connectivity index (χ1v) is 7.76. The molecule has 2 rings (SSSR count). The van der Waals surface area contributed by atoms with E-state index in [1.165, 1.54) is 6.07 Å². The first kappa shape index (κ1) is 14.5. The third kappa shape index (κ3) is 3.17. The molecule has 1 fully saturated rings. The molecule has 7 heteroatoms. The fourth-order valence-corrected chi connectivity index (χ4v) is 3.86. The van der Waals surface area contributed by atoms with E-state index in [4.69, 9.17) is 14.9 Å². The van der Waals surface area contributed by atoms with E-state index < -0.39 is 15.6 Å². The van der Waals surface area contributed by atoms with Gasteiger partial charge in [0, 0.05) is 24.8 Å². The summed E-state index contributed by atoms with van der Waals surface area (Å²) in [6.45, 7) is 4.84. The van der Waals surface area contributed by atoms with Crippen LogP contribution in [-0.4, -0.2) is 27.2 Å². The first-order valence-electron chi connectivity index (χ1n) is 6.27. The molecule has 0 aromatic carbocycles. The Kier molecular flexibility index (Phi) is 4.00. The van der Waals surface area contributed by atoms with Gasteiger partial charge in [-0.2, -0.15) is 0 Å². The Labute approximate surface area is 113 Å². The van der Waals surface area contributed by atoms with Crippen molar-refractivity contribution >= 4 is 10.0 Å². The van der Waals surface area contributed by atoms with Gasteiger partial charge in [0.1, 0.15) is 16.4 Å². The molecule has 1 aliphatic heterocycles. The molecule has 2 heterocycles. The van der Waals surface area contributed by atoms with E-state index in [0.29, 0.717) is 37.6 Å². The van der Waals surface area contributed by atoms with Crippen LogP contribution in [0, 0.1) is 6.92 Å². The molecule has 0 saturated carbocycles. The van der Waals surface area contributed by atoms with Crippen molar-refractivity contribution in [2.24, 2.45) is 5.73 Å². The molecule has 1 saturated heterocycles. The van der Waals surface area contributed by atoms with E-state index in [9.17, 15) is 8.42 Å². The zero-order valence-corrected chi connectivity index (χ0v) is 12.0. The second-order valence-electron chi connectivity index (χ2n) is 5.12. The standard InChI is InChI=1S/C12H20N2O4S/c1-9-11(7-10(8-13)18-9)19(15,16)14-12(2)3-5-17-6-4-12/h7,14H,3-6,8,13H2,1-2H3. The van der Waals surface area contributed by atoms with Crippen LogP contribution in [0.5, 0.6) is 0 Å². The smallest absolute Gasteiger partial charge is 0.244 e. The molecular weight excluding hydrogens is 268 g/mol. The summed E-state index contributed by atoms with van der Waals surface area (Å²) in [6, 6.07) is 1.49. The zero-order valence-electron chi connectivity index (χ0n) is 11.2. The normalized spacial score (nSPS) is 19.5. The number of sulfonamides is 1. The Morgan fingerprint density at radius 2 is 2.05 bits per heavy atom. The monoisotopic (exact) mass is 288 g/mol. The number of hydrogen-bond acceptors (Lipinski definition) is 5. The van der Waals surface area contributed by atoms with Crippen LogP contribution in [0.4, 0.5) is 0 Å². The minimum atomic E-state index is -3.59. The van der Waals surface area contributed by atoms with E-state index in [0.717, 1.165) is 0 Å². The summed E-state index contributed by atoms with van der Waals surface area (Å²) in [7, 11) is -3.59. The number of nitrogens with one attached hydrogen (secondary N) is 1. The van der Waals surface area contributed by atoms with Gasteiger partial charge in [0.15, 0.2) is 0 Å². The van der Waals surface area contributed by atoms with Crippen LogP contribution < -0.4 is 10.5 Å². The highest BCUT2D eigenvalue weighted by atomic mass is 32.2. The lowest BCUT2D eigenvalue weighted by atomic mass is 9.94. The van der Waals surface area contributed by atoms with E-state index in [1.54, 1.807) is 6.92 Å². The number of rotatable bonds is 4. The summed E-state index contributed by atoms with van der Waals surface area (Å²) < 4.78 is 38.1. The predicted molar refractivity (Wildman–Crippen MR) is 70.1 cm³/mol. The predicted octanol–water partition coefficient (Wildman–Crippen LogP) is 0.894. The van der Waals surface area contributed by atoms with E-state index in [2.05, 4.69) is 4.72 Å². The molecule has 0 radical (unpaired) electrons. The maximum atomic E-state index is 12.4. The molecule has 0 amide bonds. The van der Waals surface area contributed by atoms with Crippen molar-refractivity contribution < 1.29 is 17.6 Å². The minimum Gasteiger partial charge on any atom is -0.464 e. The highest BCUT2D eigenvalue weighted by Crippen LogP contribution is 2.25. The van der Waals surface area contributed by atoms with Gasteiger partial charge in [-0.25, -0.2) is 13.1 Å². The van der Waals surface area contributed by atoms with Crippen LogP contribution in [0.25, 0.3) is 0 Å². The summed E-state index contributed by atoms with van der Waals surface area (Å²) >= 11 is 0. The molecule has 6 nitrogen and oxygen atoms in total. The number of hydrogen-bond donors (Lipinski definition) is 2. The van der Waals surface area contributed by atoms with Gasteiger partial charge in [-0.15, -0.1) is 0 Å². The van der Waals surface area contributed by atoms with Crippen LogP contribution in [0.1, 0.15) is 31.3 Å². The Morgan fingerprint density at radius 3 is 2.58 bits per heavy atom. The quantitative estimate of drug-likeness (QED) is 0.858. The van der Waals surface area contributed by atoms with Crippen LogP contribution in [0.2, 0.25) is 0 Å². The fraction of sp³-hybridized carbons (Fsp3) is 0.667. The van der Waals surface area contributed by atoms with Gasteiger partial charge >= 0.3 is 0 Å². The average Bonchev–Trinajstić information content (AvgIpc) is 2.71. The van der Waals surface area contributed by atoms with Crippen LogP contribution in [0.15, 0.2) is 15.4 Å². The molecule has 3 N–H and O–H groups in total. The number of nitrogens with two attached hydrogens (primary N) is 1. The summed E-state index contributed by atoms with van der Waals surface area (Å²) in [5.41, 5.74) is 4.99. The van der Waals surface area contributed by atoms with Crippen LogP contribution >= 0.6 is 0 Å². The highest BCUT2D eigenvalue weighted by molar-refractivity contribution is 7.89. The second-order valence-corrected chi connectivity index (χ2v) is 6.77. The molecule has 1 aromatic heterocycles. The third-order valence-electron chi connectivity index (χ3n) is 3.39. The number of aryl methyl sites for hydroxylation is 1. The Balaban J connectivity index is 2.24. The molecule has 19 heavy (non-hydrogen) atoms. The van der Waals surface area contributed by atoms with Crippen molar-refractivity contribution in [3.63, 3.8) is 0 Å². The van der Waals surface area contributed by atoms with Crippen molar-refractivity contribution in [1.29, 1.82) is 0 Å². The van der Waals surface area contributed by atoms with Crippen molar-refractivity contribution in [1.82, 2.24) is 4.72 Å². The molecular formula is C12H20N2O4S. The van der Waals surface area contributed by atoms with Gasteiger partial charge in [0.05, 0.1) is 6.54 Å². The van der Waals surface area contributed by atoms with Gasteiger partial charge < -0.3 is 14.9 Å². The maximum Gasteiger partial charge on any atom is 0.244 e. The largest absolute Gasteiger partial charge is 0.464 e. The highest BCUT2D eigenvalue weighted by Gasteiger charge is 2.34. The van der Waals surface area contributed by atoms with Gasteiger partial charge in [0.2, 0.25) is 10.0 Å². The maximum absolute atomic E-state index is 12.4. The lowest BCUT2D eigenvalue weighted by Crippen LogP contribution is -2.49. The second kappa shape index (κ2) is 5.24. The molecule has 0 bridgehead atoms. The van der Waals surface area contributed by atoms with E-state index in [1.807, 2.05) is 6.92 Å². The third-order valence-corrected chi connectivity index (χ3v) is 5.14. The molecule has 0 spiro atoms. The summed E-state index contributed by atoms with van der Waals surface area (Å²) in [5, 5.41) is 0. The summed E-state index contributed by atoms with van der Waals surface area (Å²) in [6.07, 6.45) is 1.32. The lowest BCUT2D eigenvalue weighted by molar-refractivity contribution is 0.0537. The zero-order chi connectivity index (χ0) is 14.1. The molecule has 0 aliphatic carbocycles. The van der Waals surface area contributed by atoms with Gasteiger partial charge in [-0.05, 0) is 26.7 Å². The molecule has 0 unspecified atom stereocenters. The Hall–Kier alpha value is -0.890. The molecule has 1 aliphatic rings. The first-order chi connectivity index (χ1) is 8.86. The Morgan fingerprint density at radius 1 is 1.42 bits per heavy atom. The fourth-order valence-electron chi connectivity index (χ4n) is 2.19. The molecule has 108 valence electrons. The lowest BCUT2D eigenvalue weighted by Gasteiger charge is -2.33. The average molecular weight is 288 g/mol. The number of furan rings is 1. The van der Waals surface area contributed by atoms with Crippen molar-refractivity contribution in [3.8, 4) is 0 Å². The number of ether oxygens (including phenoxy) is 1. The Bertz CT molecular complexity index is 544. The molecule has 1 aromatic rings. The van der Waals surface area contributed by atoms with E-state index in [-0.39, 0.29) is 11.4 Å². The van der Waals surface area contributed by atoms with E-state index >= 15 is 0 Å². The van der Waals surface area contributed by atoms with Crippen molar-refractivity contribution in [3.05, 3.63) is 17.6 Å². The summed E-state index contributed by atoms with van der Waals surface area (Å²) in [4.78, 5) is 0.167. The van der Waals surface area contributed by atoms with Crippen molar-refractivity contribution in [2.45, 2.75) is 43.7 Å². The van der Waals surface area contributed by atoms with Crippen LogP contribution in [0.3, 0.4) is 0 Å². The summed E-state index contributed by atoms with van der Waals surface area (Å²) in [5.74, 6) is 0.832. The topological polar surface area (TPSA) is 94.6 Å².